The smallest absolute Gasteiger partial charge is 0.337 e. The number of sulfonamides is 1. The first-order valence-corrected chi connectivity index (χ1v) is 10.6. The van der Waals surface area contributed by atoms with Crippen LogP contribution in [0.5, 0.6) is 0 Å². The van der Waals surface area contributed by atoms with Crippen molar-refractivity contribution in [1.82, 2.24) is 9.21 Å². The molecule has 28 heavy (non-hydrogen) atoms. The average molecular weight is 401 g/mol. The van der Waals surface area contributed by atoms with Crippen LogP contribution in [0.4, 0.5) is 0 Å². The first-order valence-electron chi connectivity index (χ1n) is 9.13. The van der Waals surface area contributed by atoms with Crippen LogP contribution in [0.3, 0.4) is 0 Å². The van der Waals surface area contributed by atoms with Gasteiger partial charge in [-0.1, -0.05) is 48.6 Å². The maximum atomic E-state index is 12.9. The molecule has 0 aromatic heterocycles. The Morgan fingerprint density at radius 1 is 1.04 bits per heavy atom. The molecule has 0 aliphatic carbocycles. The molecule has 1 aliphatic rings. The van der Waals surface area contributed by atoms with Gasteiger partial charge in [0, 0.05) is 32.7 Å². The van der Waals surface area contributed by atoms with E-state index in [0.717, 1.165) is 12.1 Å². The summed E-state index contributed by atoms with van der Waals surface area (Å²) in [5.74, 6) is -0.549. The zero-order valence-electron chi connectivity index (χ0n) is 15.8. The van der Waals surface area contributed by atoms with Crippen molar-refractivity contribution in [3.8, 4) is 0 Å². The number of ether oxygens (including phenoxy) is 1. The maximum absolute atomic E-state index is 12.9. The third kappa shape index (κ3) is 4.86. The summed E-state index contributed by atoms with van der Waals surface area (Å²) in [4.78, 5) is 14.0. The molecule has 148 valence electrons. The topological polar surface area (TPSA) is 66.9 Å². The molecule has 1 heterocycles. The van der Waals surface area contributed by atoms with E-state index in [1.807, 2.05) is 30.3 Å². The van der Waals surface area contributed by atoms with Gasteiger partial charge in [-0.3, -0.25) is 4.90 Å². The van der Waals surface area contributed by atoms with Crippen molar-refractivity contribution < 1.29 is 17.9 Å². The average Bonchev–Trinajstić information content (AvgIpc) is 2.74. The van der Waals surface area contributed by atoms with Gasteiger partial charge in [0.25, 0.3) is 0 Å². The van der Waals surface area contributed by atoms with Crippen LogP contribution in [0.15, 0.2) is 65.6 Å². The van der Waals surface area contributed by atoms with E-state index in [4.69, 9.17) is 0 Å². The van der Waals surface area contributed by atoms with Crippen LogP contribution in [0.1, 0.15) is 15.9 Å². The third-order valence-electron chi connectivity index (χ3n) is 4.70. The number of methoxy groups -OCH3 is 1. The lowest BCUT2D eigenvalue weighted by Crippen LogP contribution is -2.48. The largest absolute Gasteiger partial charge is 0.465 e. The summed E-state index contributed by atoms with van der Waals surface area (Å²) in [5.41, 5.74) is 1.38. The highest BCUT2D eigenvalue weighted by Gasteiger charge is 2.28. The van der Waals surface area contributed by atoms with Gasteiger partial charge in [-0.25, -0.2) is 13.2 Å². The molecule has 1 fully saturated rings. The van der Waals surface area contributed by atoms with Crippen molar-refractivity contribution in [3.05, 3.63) is 71.8 Å². The SMILES string of the molecule is COC(=O)c1cccc(S(=O)(=O)N2CCN(C/C=C/c3ccccc3)CC2)c1. The number of carbonyl (C=O) groups excluding carboxylic acids is 1. The van der Waals surface area contributed by atoms with Crippen LogP contribution in [-0.4, -0.2) is 63.4 Å². The summed E-state index contributed by atoms with van der Waals surface area (Å²) in [6.07, 6.45) is 4.17. The van der Waals surface area contributed by atoms with Crippen LogP contribution >= 0.6 is 0 Å². The minimum absolute atomic E-state index is 0.118. The van der Waals surface area contributed by atoms with Crippen molar-refractivity contribution in [2.45, 2.75) is 4.90 Å². The molecule has 7 heteroatoms. The van der Waals surface area contributed by atoms with Gasteiger partial charge in [-0.05, 0) is 23.8 Å². The normalized spacial score (nSPS) is 16.3. The molecule has 0 radical (unpaired) electrons. The molecular weight excluding hydrogens is 376 g/mol. The van der Waals surface area contributed by atoms with Gasteiger partial charge in [0.15, 0.2) is 0 Å². The van der Waals surface area contributed by atoms with E-state index in [2.05, 4.69) is 21.8 Å². The first-order chi connectivity index (χ1) is 13.5. The van der Waals surface area contributed by atoms with Crippen LogP contribution in [0.25, 0.3) is 6.08 Å². The predicted octanol–water partition coefficient (Wildman–Crippen LogP) is 2.49. The Morgan fingerprint density at radius 3 is 2.43 bits per heavy atom. The number of nitrogens with zero attached hydrogens (tertiary/aromatic N) is 2. The third-order valence-corrected chi connectivity index (χ3v) is 6.59. The van der Waals surface area contributed by atoms with Crippen molar-refractivity contribution in [2.24, 2.45) is 0 Å². The molecule has 0 amide bonds. The van der Waals surface area contributed by atoms with E-state index in [1.54, 1.807) is 12.1 Å². The Bertz CT molecular complexity index is 934. The molecule has 1 saturated heterocycles. The number of piperazine rings is 1. The second-order valence-corrected chi connectivity index (χ2v) is 8.48. The molecule has 2 aromatic rings. The predicted molar refractivity (Wildman–Crippen MR) is 108 cm³/mol. The van der Waals surface area contributed by atoms with E-state index in [0.29, 0.717) is 26.2 Å². The van der Waals surface area contributed by atoms with Crippen LogP contribution < -0.4 is 0 Å². The van der Waals surface area contributed by atoms with Crippen molar-refractivity contribution in [1.29, 1.82) is 0 Å². The number of benzene rings is 2. The standard InChI is InChI=1S/C21H24N2O4S/c1-27-21(24)19-10-5-11-20(17-19)28(25,26)23-15-13-22(14-16-23)12-6-9-18-7-3-2-4-8-18/h2-11,17H,12-16H2,1H3/b9-6+. The van der Waals surface area contributed by atoms with Gasteiger partial charge in [0.05, 0.1) is 17.6 Å². The molecule has 0 unspecified atom stereocenters. The summed E-state index contributed by atoms with van der Waals surface area (Å²) in [6, 6.07) is 16.1. The number of rotatable bonds is 6. The fourth-order valence-corrected chi connectivity index (χ4v) is 4.57. The molecule has 0 N–H and O–H groups in total. The highest BCUT2D eigenvalue weighted by atomic mass is 32.2. The van der Waals surface area contributed by atoms with Crippen molar-refractivity contribution in [2.75, 3.05) is 39.8 Å². The molecular formula is C21H24N2O4S. The van der Waals surface area contributed by atoms with Crippen LogP contribution in [-0.2, 0) is 14.8 Å². The Kier molecular flexibility index (Phi) is 6.61. The van der Waals surface area contributed by atoms with Gasteiger partial charge in [-0.15, -0.1) is 0 Å². The van der Waals surface area contributed by atoms with E-state index in [1.165, 1.54) is 23.5 Å². The summed E-state index contributed by atoms with van der Waals surface area (Å²) in [5, 5.41) is 0. The zero-order valence-corrected chi connectivity index (χ0v) is 16.6. The number of hydrogen-bond donors (Lipinski definition) is 0. The second kappa shape index (κ2) is 9.14. The number of carbonyl (C=O) groups is 1. The Balaban J connectivity index is 1.59. The van der Waals surface area contributed by atoms with E-state index < -0.39 is 16.0 Å². The maximum Gasteiger partial charge on any atom is 0.337 e. The minimum Gasteiger partial charge on any atom is -0.465 e. The molecule has 0 atom stereocenters. The van der Waals surface area contributed by atoms with Gasteiger partial charge in [0.1, 0.15) is 0 Å². The van der Waals surface area contributed by atoms with Crippen molar-refractivity contribution >= 4 is 22.1 Å². The quantitative estimate of drug-likeness (QED) is 0.697. The highest BCUT2D eigenvalue weighted by Crippen LogP contribution is 2.19. The van der Waals surface area contributed by atoms with Crippen LogP contribution in [0, 0.1) is 0 Å². The Labute approximate surface area is 166 Å². The molecule has 1 aliphatic heterocycles. The monoisotopic (exact) mass is 400 g/mol. The molecule has 6 nitrogen and oxygen atoms in total. The lowest BCUT2D eigenvalue weighted by atomic mass is 10.2. The first kappa shape index (κ1) is 20.3. The van der Waals surface area contributed by atoms with Gasteiger partial charge in [-0.2, -0.15) is 4.31 Å². The van der Waals surface area contributed by atoms with E-state index in [-0.39, 0.29) is 10.5 Å². The van der Waals surface area contributed by atoms with Crippen LogP contribution in [0.2, 0.25) is 0 Å². The minimum atomic E-state index is -3.63. The Hall–Kier alpha value is -2.48. The molecule has 0 saturated carbocycles. The molecule has 0 spiro atoms. The number of esters is 1. The fourth-order valence-electron chi connectivity index (χ4n) is 3.10. The summed E-state index contributed by atoms with van der Waals surface area (Å²) < 4.78 is 31.9. The van der Waals surface area contributed by atoms with E-state index >= 15 is 0 Å². The zero-order chi connectivity index (χ0) is 20.0. The molecule has 0 bridgehead atoms. The molecule has 3 rings (SSSR count). The summed E-state index contributed by atoms with van der Waals surface area (Å²) in [6.45, 7) is 2.94. The fraction of sp³-hybridized carbons (Fsp3) is 0.286. The lowest BCUT2D eigenvalue weighted by molar-refractivity contribution is 0.0600. The highest BCUT2D eigenvalue weighted by molar-refractivity contribution is 7.89. The Morgan fingerprint density at radius 2 is 1.75 bits per heavy atom. The van der Waals surface area contributed by atoms with Gasteiger partial charge >= 0.3 is 5.97 Å². The summed E-state index contributed by atoms with van der Waals surface area (Å²) in [7, 11) is -2.36. The molecule has 2 aromatic carbocycles. The van der Waals surface area contributed by atoms with Gasteiger partial charge in [0.2, 0.25) is 10.0 Å². The second-order valence-electron chi connectivity index (χ2n) is 6.54. The number of hydrogen-bond acceptors (Lipinski definition) is 5. The van der Waals surface area contributed by atoms with Gasteiger partial charge < -0.3 is 4.74 Å². The lowest BCUT2D eigenvalue weighted by Gasteiger charge is -2.33. The van der Waals surface area contributed by atoms with E-state index in [9.17, 15) is 13.2 Å². The van der Waals surface area contributed by atoms with Crippen molar-refractivity contribution in [3.63, 3.8) is 0 Å². The summed E-state index contributed by atoms with van der Waals surface area (Å²) >= 11 is 0.